The molecule has 1 atom stereocenters. The van der Waals surface area contributed by atoms with Crippen LogP contribution in [-0.4, -0.2) is 28.5 Å². The first kappa shape index (κ1) is 13.5. The number of esters is 1. The smallest absolute Gasteiger partial charge is 0.329 e. The number of pyridine rings is 1. The summed E-state index contributed by atoms with van der Waals surface area (Å²) in [6.07, 6.45) is 2.43. The molecule has 1 saturated heterocycles. The SMILES string of the molecule is CC(C)(C)OC(=O)C1CCC(=O)N1c1ccccn1. The molecule has 0 aromatic carbocycles. The summed E-state index contributed by atoms with van der Waals surface area (Å²) >= 11 is 0. The molecule has 1 aliphatic rings. The highest BCUT2D eigenvalue weighted by Crippen LogP contribution is 2.26. The van der Waals surface area contributed by atoms with Gasteiger partial charge in [0.15, 0.2) is 0 Å². The average Bonchev–Trinajstić information content (AvgIpc) is 2.70. The van der Waals surface area contributed by atoms with E-state index in [1.54, 1.807) is 24.4 Å². The fourth-order valence-electron chi connectivity index (χ4n) is 2.06. The molecule has 1 aromatic heterocycles. The van der Waals surface area contributed by atoms with E-state index in [1.165, 1.54) is 4.90 Å². The molecule has 1 aromatic rings. The van der Waals surface area contributed by atoms with Crippen LogP contribution in [0.1, 0.15) is 33.6 Å². The maximum Gasteiger partial charge on any atom is 0.329 e. The topological polar surface area (TPSA) is 59.5 Å². The summed E-state index contributed by atoms with van der Waals surface area (Å²) in [5, 5.41) is 0. The van der Waals surface area contributed by atoms with Gasteiger partial charge in [-0.15, -0.1) is 0 Å². The molecule has 2 heterocycles. The van der Waals surface area contributed by atoms with E-state index in [0.29, 0.717) is 18.7 Å². The fraction of sp³-hybridized carbons (Fsp3) is 0.500. The maximum absolute atomic E-state index is 12.1. The molecule has 0 bridgehead atoms. The Morgan fingerprint density at radius 3 is 2.74 bits per heavy atom. The first-order valence-corrected chi connectivity index (χ1v) is 6.34. The van der Waals surface area contributed by atoms with Crippen LogP contribution < -0.4 is 4.90 Å². The van der Waals surface area contributed by atoms with E-state index in [-0.39, 0.29) is 11.9 Å². The summed E-state index contributed by atoms with van der Waals surface area (Å²) in [4.78, 5) is 29.7. The molecule has 0 saturated carbocycles. The Labute approximate surface area is 112 Å². The summed E-state index contributed by atoms with van der Waals surface area (Å²) in [5.41, 5.74) is -0.557. The second-order valence-corrected chi connectivity index (χ2v) is 5.54. The molecule has 102 valence electrons. The molecular formula is C14H18N2O3. The molecule has 1 fully saturated rings. The molecule has 5 nitrogen and oxygen atoms in total. The predicted octanol–water partition coefficient (Wildman–Crippen LogP) is 1.92. The Kier molecular flexibility index (Phi) is 3.55. The van der Waals surface area contributed by atoms with Gasteiger partial charge in [0.1, 0.15) is 17.5 Å². The van der Waals surface area contributed by atoms with E-state index in [4.69, 9.17) is 4.74 Å². The lowest BCUT2D eigenvalue weighted by molar-refractivity contribution is -0.156. The van der Waals surface area contributed by atoms with Crippen molar-refractivity contribution in [1.29, 1.82) is 0 Å². The minimum Gasteiger partial charge on any atom is -0.458 e. The van der Waals surface area contributed by atoms with Gasteiger partial charge in [-0.05, 0) is 39.3 Å². The zero-order valence-electron chi connectivity index (χ0n) is 11.4. The standard InChI is InChI=1S/C14H18N2O3/c1-14(2,3)19-13(18)10-7-8-12(17)16(10)11-6-4-5-9-15-11/h4-6,9-10H,7-8H2,1-3H3. The van der Waals surface area contributed by atoms with Gasteiger partial charge in [0.25, 0.3) is 0 Å². The monoisotopic (exact) mass is 262 g/mol. The highest BCUT2D eigenvalue weighted by molar-refractivity contribution is 6.01. The Balaban J connectivity index is 2.21. The van der Waals surface area contributed by atoms with E-state index in [2.05, 4.69) is 4.98 Å². The Morgan fingerprint density at radius 2 is 2.16 bits per heavy atom. The number of carbonyl (C=O) groups excluding carboxylic acids is 2. The molecule has 1 amide bonds. The molecular weight excluding hydrogens is 244 g/mol. The van der Waals surface area contributed by atoms with Gasteiger partial charge in [-0.25, -0.2) is 9.78 Å². The van der Waals surface area contributed by atoms with E-state index in [1.807, 2.05) is 20.8 Å². The maximum atomic E-state index is 12.1. The Bertz CT molecular complexity index is 479. The Morgan fingerprint density at radius 1 is 1.42 bits per heavy atom. The van der Waals surface area contributed by atoms with Crippen molar-refractivity contribution in [3.8, 4) is 0 Å². The van der Waals surface area contributed by atoms with Crippen LogP contribution in [0.5, 0.6) is 0 Å². The van der Waals surface area contributed by atoms with Gasteiger partial charge < -0.3 is 4.74 Å². The van der Waals surface area contributed by atoms with Crippen LogP contribution >= 0.6 is 0 Å². The zero-order valence-corrected chi connectivity index (χ0v) is 11.4. The van der Waals surface area contributed by atoms with Gasteiger partial charge in [-0.2, -0.15) is 0 Å². The molecule has 0 radical (unpaired) electrons. The van der Waals surface area contributed by atoms with Crippen LogP contribution in [0.4, 0.5) is 5.82 Å². The van der Waals surface area contributed by atoms with Crippen LogP contribution in [0.3, 0.4) is 0 Å². The van der Waals surface area contributed by atoms with Crippen molar-refractivity contribution < 1.29 is 14.3 Å². The van der Waals surface area contributed by atoms with E-state index in [0.717, 1.165) is 0 Å². The molecule has 0 aliphatic carbocycles. The van der Waals surface area contributed by atoms with Crippen LogP contribution in [-0.2, 0) is 14.3 Å². The van der Waals surface area contributed by atoms with E-state index in [9.17, 15) is 9.59 Å². The van der Waals surface area contributed by atoms with E-state index < -0.39 is 11.6 Å². The second kappa shape index (κ2) is 4.99. The van der Waals surface area contributed by atoms with Crippen molar-refractivity contribution in [2.75, 3.05) is 4.90 Å². The average molecular weight is 262 g/mol. The third kappa shape index (κ3) is 3.10. The van der Waals surface area contributed by atoms with Gasteiger partial charge in [0.2, 0.25) is 5.91 Å². The van der Waals surface area contributed by atoms with Gasteiger partial charge in [-0.3, -0.25) is 9.69 Å². The molecule has 0 spiro atoms. The normalized spacial score (nSPS) is 19.6. The summed E-state index contributed by atoms with van der Waals surface area (Å²) in [7, 11) is 0. The van der Waals surface area contributed by atoms with Crippen molar-refractivity contribution >= 4 is 17.7 Å². The number of hydrogen-bond acceptors (Lipinski definition) is 4. The van der Waals surface area contributed by atoms with Gasteiger partial charge in [-0.1, -0.05) is 6.07 Å². The lowest BCUT2D eigenvalue weighted by atomic mass is 10.1. The molecule has 2 rings (SSSR count). The lowest BCUT2D eigenvalue weighted by Gasteiger charge is -2.26. The number of carbonyl (C=O) groups is 2. The highest BCUT2D eigenvalue weighted by atomic mass is 16.6. The number of amides is 1. The quantitative estimate of drug-likeness (QED) is 0.764. The minimum atomic E-state index is -0.568. The number of ether oxygens (including phenoxy) is 1. The van der Waals surface area contributed by atoms with Gasteiger partial charge in [0.05, 0.1) is 0 Å². The fourth-order valence-corrected chi connectivity index (χ4v) is 2.06. The van der Waals surface area contributed by atoms with E-state index >= 15 is 0 Å². The molecule has 5 heteroatoms. The van der Waals surface area contributed by atoms with Crippen molar-refractivity contribution in [2.45, 2.75) is 45.3 Å². The van der Waals surface area contributed by atoms with Crippen molar-refractivity contribution in [1.82, 2.24) is 4.98 Å². The first-order valence-electron chi connectivity index (χ1n) is 6.34. The van der Waals surface area contributed by atoms with Gasteiger partial charge >= 0.3 is 5.97 Å². The van der Waals surface area contributed by atoms with Gasteiger partial charge in [0, 0.05) is 12.6 Å². The largest absolute Gasteiger partial charge is 0.458 e. The van der Waals surface area contributed by atoms with Crippen LogP contribution in [0.15, 0.2) is 24.4 Å². The van der Waals surface area contributed by atoms with Crippen LogP contribution in [0, 0.1) is 0 Å². The highest BCUT2D eigenvalue weighted by Gasteiger charge is 2.40. The predicted molar refractivity (Wildman–Crippen MR) is 70.6 cm³/mol. The molecule has 19 heavy (non-hydrogen) atoms. The minimum absolute atomic E-state index is 0.0884. The third-order valence-corrected chi connectivity index (χ3v) is 2.79. The summed E-state index contributed by atoms with van der Waals surface area (Å²) in [6, 6.07) is 4.72. The Hall–Kier alpha value is -1.91. The summed E-state index contributed by atoms with van der Waals surface area (Å²) < 4.78 is 5.36. The summed E-state index contributed by atoms with van der Waals surface area (Å²) in [5.74, 6) is 0.0411. The molecule has 1 aliphatic heterocycles. The number of anilines is 1. The van der Waals surface area contributed by atoms with Crippen molar-refractivity contribution in [3.05, 3.63) is 24.4 Å². The molecule has 0 N–H and O–H groups in total. The number of nitrogens with zero attached hydrogens (tertiary/aromatic N) is 2. The second-order valence-electron chi connectivity index (χ2n) is 5.54. The van der Waals surface area contributed by atoms with Crippen molar-refractivity contribution in [2.24, 2.45) is 0 Å². The molecule has 1 unspecified atom stereocenters. The van der Waals surface area contributed by atoms with Crippen molar-refractivity contribution in [3.63, 3.8) is 0 Å². The number of hydrogen-bond donors (Lipinski definition) is 0. The first-order chi connectivity index (χ1) is 8.88. The van der Waals surface area contributed by atoms with Crippen LogP contribution in [0.25, 0.3) is 0 Å². The third-order valence-electron chi connectivity index (χ3n) is 2.79. The number of aromatic nitrogens is 1. The lowest BCUT2D eigenvalue weighted by Crippen LogP contribution is -2.42. The number of rotatable bonds is 2. The van der Waals surface area contributed by atoms with Crippen LogP contribution in [0.2, 0.25) is 0 Å². The zero-order chi connectivity index (χ0) is 14.0. The summed E-state index contributed by atoms with van der Waals surface area (Å²) in [6.45, 7) is 5.44.